The van der Waals surface area contributed by atoms with Crippen molar-refractivity contribution in [3.05, 3.63) is 59.7 Å². The number of carboxylic acid groups (broad SMARTS) is 2. The van der Waals surface area contributed by atoms with Crippen LogP contribution in [-0.2, 0) is 0 Å². The molecular weight excluding hydrogens is 773 g/mol. The van der Waals surface area contributed by atoms with Gasteiger partial charge in [-0.25, -0.2) is 0 Å². The number of carbonyl (C=O) groups excluding carboxylic acids is 2. The lowest BCUT2D eigenvalue weighted by Crippen LogP contribution is -2.39. The Hall–Kier alpha value is -2.35. The van der Waals surface area contributed by atoms with Gasteiger partial charge in [-0.1, -0.05) is 204 Å². The molecule has 0 amide bonds. The third-order valence-corrected chi connectivity index (χ3v) is 13.4. The molecule has 0 aromatic heterocycles. The molecule has 0 bridgehead atoms. The highest BCUT2D eigenvalue weighted by Crippen LogP contribution is 2.28. The van der Waals surface area contributed by atoms with Crippen LogP contribution in [0.15, 0.2) is 58.3 Å². The Kier molecular flexibility index (Phi) is 37.7. The minimum Gasteiger partial charge on any atom is -0.545 e. The summed E-state index contributed by atoms with van der Waals surface area (Å²) in [5, 5.41) is 21.2. The Morgan fingerprint density at radius 1 is 0.377 bits per heavy atom. The van der Waals surface area contributed by atoms with Crippen molar-refractivity contribution in [3.63, 3.8) is 0 Å². The number of unbranched alkanes of at least 4 members (excludes halogenated alkanes) is 26. The Morgan fingerprint density at radius 3 is 0.787 bits per heavy atom. The molecule has 0 unspecified atom stereocenters. The first kappa shape index (κ1) is 58.6. The van der Waals surface area contributed by atoms with Gasteiger partial charge in [-0.2, -0.15) is 0 Å². The van der Waals surface area contributed by atoms with Crippen molar-refractivity contribution in [2.24, 2.45) is 0 Å². The highest BCUT2D eigenvalue weighted by molar-refractivity contribution is 7.99. The molecule has 0 heterocycles. The molecule has 0 fully saturated rings. The van der Waals surface area contributed by atoms with Gasteiger partial charge in [-0.15, -0.1) is 0 Å². The maximum Gasteiger partial charge on any atom is 0.0782 e. The number of carboxylic acids is 2. The zero-order valence-electron chi connectivity index (χ0n) is 41.2. The van der Waals surface area contributed by atoms with Gasteiger partial charge in [-0.05, 0) is 74.9 Å². The van der Waals surface area contributed by atoms with Gasteiger partial charge in [0, 0.05) is 9.79 Å². The topological polar surface area (TPSA) is 80.3 Å². The van der Waals surface area contributed by atoms with E-state index in [1.165, 1.54) is 251 Å². The van der Waals surface area contributed by atoms with Crippen molar-refractivity contribution in [1.29, 1.82) is 0 Å². The van der Waals surface area contributed by atoms with Gasteiger partial charge in [0.05, 0.1) is 66.3 Å². The number of quaternary nitrogens is 2. The largest absolute Gasteiger partial charge is 0.545 e. The molecule has 0 saturated carbocycles. The maximum absolute atomic E-state index is 10.6. The molecule has 0 radical (unpaired) electrons. The van der Waals surface area contributed by atoms with Crippen LogP contribution in [0.25, 0.3) is 0 Å². The predicted octanol–water partition coefficient (Wildman–Crippen LogP) is 13.7. The lowest BCUT2D eigenvalue weighted by molar-refractivity contribution is -0.888. The van der Waals surface area contributed by atoms with Gasteiger partial charge in [0.25, 0.3) is 0 Å². The summed E-state index contributed by atoms with van der Waals surface area (Å²) in [5.74, 6) is -2.43. The number of rotatable bonds is 36. The van der Waals surface area contributed by atoms with E-state index in [-0.39, 0.29) is 11.1 Å². The van der Waals surface area contributed by atoms with Crippen molar-refractivity contribution in [3.8, 4) is 0 Å². The standard InChI is InChI=1S/2C20H44N.C14H10O4S/c2*1-5-7-8-9-10-11-12-13-14-15-16-17-18-19-20-21(3,4)6-2;15-13(16)9-1-5-11(6-2-9)19-12-7-3-10(4-8-12)14(17)18/h2*5-20H2,1-4H3;1-8H,(H,15,16)(H,17,18)/q2*+1;/p-2. The predicted molar refractivity (Wildman–Crippen MR) is 261 cm³/mol. The molecule has 7 heteroatoms. The van der Waals surface area contributed by atoms with E-state index in [2.05, 4.69) is 55.9 Å². The second kappa shape index (κ2) is 39.3. The fourth-order valence-electron chi connectivity index (χ4n) is 7.24. The third-order valence-electron chi connectivity index (χ3n) is 12.4. The van der Waals surface area contributed by atoms with E-state index in [1.54, 1.807) is 24.3 Å². The average molecular weight is 869 g/mol. The van der Waals surface area contributed by atoms with Gasteiger partial charge >= 0.3 is 0 Å². The molecule has 0 spiro atoms. The van der Waals surface area contributed by atoms with Crippen molar-refractivity contribution in [1.82, 2.24) is 0 Å². The van der Waals surface area contributed by atoms with Crippen molar-refractivity contribution >= 4 is 23.7 Å². The van der Waals surface area contributed by atoms with Crippen LogP contribution >= 0.6 is 11.8 Å². The van der Waals surface area contributed by atoms with Crippen molar-refractivity contribution < 1.29 is 28.8 Å². The molecule has 61 heavy (non-hydrogen) atoms. The van der Waals surface area contributed by atoms with Crippen molar-refractivity contribution in [2.75, 3.05) is 54.4 Å². The van der Waals surface area contributed by atoms with E-state index >= 15 is 0 Å². The number of benzene rings is 2. The maximum atomic E-state index is 10.6. The minimum absolute atomic E-state index is 0.122. The molecule has 2 aromatic carbocycles. The van der Waals surface area contributed by atoms with Crippen LogP contribution in [0.2, 0.25) is 0 Å². The number of hydrogen-bond acceptors (Lipinski definition) is 5. The summed E-state index contributed by atoms with van der Waals surface area (Å²) in [6.45, 7) is 14.4. The second-order valence-electron chi connectivity index (χ2n) is 18.9. The first-order valence-corrected chi connectivity index (χ1v) is 26.1. The average Bonchev–Trinajstić information content (AvgIpc) is 3.24. The van der Waals surface area contributed by atoms with E-state index in [1.807, 2.05) is 0 Å². The van der Waals surface area contributed by atoms with E-state index in [0.29, 0.717) is 0 Å². The summed E-state index contributed by atoms with van der Waals surface area (Å²) in [6.07, 6.45) is 40.8. The Bertz CT molecular complexity index is 1200. The molecule has 0 N–H and O–H groups in total. The highest BCUT2D eigenvalue weighted by atomic mass is 32.2. The SMILES string of the molecule is CCCCCCCCCCCCCCCC[N+](C)(C)CC.CCCCCCCCCCCCCCCC[N+](C)(C)CC.O=C([O-])c1ccc(Sc2ccc(C(=O)[O-])cc2)cc1. The molecule has 0 aliphatic carbocycles. The molecule has 0 saturated heterocycles. The first-order valence-electron chi connectivity index (χ1n) is 25.2. The monoisotopic (exact) mass is 869 g/mol. The third kappa shape index (κ3) is 36.8. The molecule has 0 atom stereocenters. The number of hydrogen-bond donors (Lipinski definition) is 0. The Balaban J connectivity index is 0.000000886. The molecule has 352 valence electrons. The summed E-state index contributed by atoms with van der Waals surface area (Å²) in [5.41, 5.74) is 0.244. The molecule has 2 rings (SSSR count). The number of aromatic carboxylic acids is 2. The Labute approximate surface area is 382 Å². The van der Waals surface area contributed by atoms with Crippen LogP contribution in [0, 0.1) is 0 Å². The smallest absolute Gasteiger partial charge is 0.0782 e. The van der Waals surface area contributed by atoms with E-state index in [4.69, 9.17) is 0 Å². The zero-order chi connectivity index (χ0) is 45.5. The first-order chi connectivity index (χ1) is 29.3. The van der Waals surface area contributed by atoms with Crippen LogP contribution in [0.1, 0.15) is 228 Å². The molecule has 0 aliphatic rings. The van der Waals surface area contributed by atoms with Crippen LogP contribution in [-0.4, -0.2) is 75.3 Å². The van der Waals surface area contributed by atoms with Crippen molar-refractivity contribution in [2.45, 2.75) is 217 Å². The van der Waals surface area contributed by atoms with E-state index in [0.717, 1.165) is 9.79 Å². The summed E-state index contributed by atoms with van der Waals surface area (Å²) in [6, 6.07) is 12.5. The summed E-state index contributed by atoms with van der Waals surface area (Å²) < 4.78 is 2.39. The molecular formula is C54H96N2O4S. The Morgan fingerprint density at radius 2 is 0.590 bits per heavy atom. The lowest BCUT2D eigenvalue weighted by atomic mass is 10.0. The number of carbonyl (C=O) groups is 2. The summed E-state index contributed by atoms with van der Waals surface area (Å²) >= 11 is 1.40. The van der Waals surface area contributed by atoms with E-state index < -0.39 is 11.9 Å². The normalized spacial score (nSPS) is 11.4. The highest BCUT2D eigenvalue weighted by Gasteiger charge is 2.11. The van der Waals surface area contributed by atoms with Gasteiger partial charge in [0.2, 0.25) is 0 Å². The summed E-state index contributed by atoms with van der Waals surface area (Å²) in [7, 11) is 9.40. The van der Waals surface area contributed by atoms with Crippen LogP contribution in [0.4, 0.5) is 0 Å². The van der Waals surface area contributed by atoms with Crippen LogP contribution < -0.4 is 10.2 Å². The van der Waals surface area contributed by atoms with Gasteiger partial charge in [0.1, 0.15) is 0 Å². The fraction of sp³-hybridized carbons (Fsp3) is 0.741. The lowest BCUT2D eigenvalue weighted by Gasteiger charge is -2.28. The fourth-order valence-corrected chi connectivity index (χ4v) is 8.06. The van der Waals surface area contributed by atoms with Gasteiger partial charge < -0.3 is 28.8 Å². The van der Waals surface area contributed by atoms with Crippen LogP contribution in [0.3, 0.4) is 0 Å². The quantitative estimate of drug-likeness (QED) is 0.0503. The minimum atomic E-state index is -1.21. The van der Waals surface area contributed by atoms with E-state index in [9.17, 15) is 19.8 Å². The molecule has 2 aromatic rings. The zero-order valence-corrected chi connectivity index (χ0v) is 42.0. The van der Waals surface area contributed by atoms with Crippen LogP contribution in [0.5, 0.6) is 0 Å². The molecule has 6 nitrogen and oxygen atoms in total. The summed E-state index contributed by atoms with van der Waals surface area (Å²) in [4.78, 5) is 22.9. The second-order valence-corrected chi connectivity index (χ2v) is 20.0. The van der Waals surface area contributed by atoms with Gasteiger partial charge in [-0.3, -0.25) is 0 Å². The molecule has 0 aliphatic heterocycles. The van der Waals surface area contributed by atoms with Gasteiger partial charge in [0.15, 0.2) is 0 Å². The number of nitrogens with zero attached hydrogens (tertiary/aromatic N) is 2.